The van der Waals surface area contributed by atoms with Crippen molar-refractivity contribution >= 4 is 23.9 Å². The van der Waals surface area contributed by atoms with Crippen LogP contribution >= 0.6 is 11.8 Å². The van der Waals surface area contributed by atoms with Crippen molar-refractivity contribution < 1.29 is 13.9 Å². The van der Waals surface area contributed by atoms with Crippen LogP contribution in [0.1, 0.15) is 11.5 Å². The molecule has 0 aliphatic carbocycles. The van der Waals surface area contributed by atoms with Crippen LogP contribution in [0.25, 0.3) is 17.1 Å². The van der Waals surface area contributed by atoms with Crippen LogP contribution in [0.2, 0.25) is 0 Å². The predicted molar refractivity (Wildman–Crippen MR) is 123 cm³/mol. The molecule has 2 heterocycles. The minimum Gasteiger partial charge on any atom is -0.497 e. The Balaban J connectivity index is 1.51. The molecule has 4 aromatic rings. The van der Waals surface area contributed by atoms with E-state index in [4.69, 9.17) is 9.15 Å². The number of furan rings is 1. The second-order valence-electron chi connectivity index (χ2n) is 6.74. The lowest BCUT2D eigenvalue weighted by Crippen LogP contribution is -2.19. The summed E-state index contributed by atoms with van der Waals surface area (Å²) in [6.45, 7) is 1.84. The Morgan fingerprint density at radius 2 is 1.91 bits per heavy atom. The molecule has 0 fully saturated rings. The molecule has 0 saturated carbocycles. The highest BCUT2D eigenvalue weighted by Gasteiger charge is 2.17. The maximum atomic E-state index is 12.3. The molecule has 0 aliphatic rings. The van der Waals surface area contributed by atoms with E-state index in [2.05, 4.69) is 20.7 Å². The average Bonchev–Trinajstić information content (AvgIpc) is 3.44. The Morgan fingerprint density at radius 3 is 2.59 bits per heavy atom. The Bertz CT molecular complexity index is 1220. The fourth-order valence-electron chi connectivity index (χ4n) is 2.95. The Labute approximate surface area is 189 Å². The fraction of sp³-hybridized carbons (Fsp3) is 0.130. The standard InChI is InChI=1S/C23H21N5O3S/c1-16-8-11-20(31-16)14-24-25-21(29)15-32-23-27-26-22(17-9-12-19(30-2)13-10-17)28(23)18-6-4-3-5-7-18/h3-14H,15H2,1-2H3,(H,25,29). The van der Waals surface area contributed by atoms with E-state index < -0.39 is 0 Å². The van der Waals surface area contributed by atoms with Crippen molar-refractivity contribution in [3.63, 3.8) is 0 Å². The van der Waals surface area contributed by atoms with Gasteiger partial charge in [-0.3, -0.25) is 9.36 Å². The Morgan fingerprint density at radius 1 is 1.12 bits per heavy atom. The van der Waals surface area contributed by atoms with E-state index in [0.717, 1.165) is 22.8 Å². The molecular formula is C23H21N5O3S. The first-order valence-corrected chi connectivity index (χ1v) is 10.8. The van der Waals surface area contributed by atoms with Crippen LogP contribution in [0.5, 0.6) is 5.75 Å². The molecule has 0 bridgehead atoms. The summed E-state index contributed by atoms with van der Waals surface area (Å²) in [6, 6.07) is 21.0. The van der Waals surface area contributed by atoms with Gasteiger partial charge in [-0.15, -0.1) is 10.2 Å². The SMILES string of the molecule is COc1ccc(-c2nnc(SCC(=O)NN=Cc3ccc(C)o3)n2-c2ccccc2)cc1. The molecule has 1 amide bonds. The molecule has 0 aliphatic heterocycles. The van der Waals surface area contributed by atoms with E-state index in [1.54, 1.807) is 13.2 Å². The van der Waals surface area contributed by atoms with Gasteiger partial charge in [0.15, 0.2) is 11.0 Å². The van der Waals surface area contributed by atoms with Gasteiger partial charge in [-0.1, -0.05) is 30.0 Å². The molecule has 2 aromatic carbocycles. The van der Waals surface area contributed by atoms with E-state index in [1.807, 2.05) is 72.2 Å². The molecule has 0 unspecified atom stereocenters. The smallest absolute Gasteiger partial charge is 0.250 e. The van der Waals surface area contributed by atoms with Gasteiger partial charge in [0, 0.05) is 11.3 Å². The van der Waals surface area contributed by atoms with Crippen LogP contribution in [0.15, 0.2) is 81.4 Å². The van der Waals surface area contributed by atoms with Gasteiger partial charge in [0.05, 0.1) is 19.1 Å². The maximum absolute atomic E-state index is 12.3. The second-order valence-corrected chi connectivity index (χ2v) is 7.68. The number of hydrazone groups is 1. The predicted octanol–water partition coefficient (Wildman–Crippen LogP) is 4.09. The van der Waals surface area contributed by atoms with Crippen LogP contribution < -0.4 is 10.2 Å². The third kappa shape index (κ3) is 5.06. The number of benzene rings is 2. The first-order chi connectivity index (χ1) is 15.6. The molecule has 0 atom stereocenters. The largest absolute Gasteiger partial charge is 0.497 e. The molecular weight excluding hydrogens is 426 g/mol. The van der Waals surface area contributed by atoms with Gasteiger partial charge in [-0.2, -0.15) is 5.10 Å². The van der Waals surface area contributed by atoms with Gasteiger partial charge >= 0.3 is 0 Å². The highest BCUT2D eigenvalue weighted by Crippen LogP contribution is 2.28. The van der Waals surface area contributed by atoms with Gasteiger partial charge in [0.1, 0.15) is 17.3 Å². The van der Waals surface area contributed by atoms with Crippen LogP contribution in [0.3, 0.4) is 0 Å². The number of ether oxygens (including phenoxy) is 1. The average molecular weight is 448 g/mol. The molecule has 32 heavy (non-hydrogen) atoms. The number of para-hydroxylation sites is 1. The zero-order valence-electron chi connectivity index (χ0n) is 17.6. The number of amides is 1. The number of aryl methyl sites for hydroxylation is 1. The lowest BCUT2D eigenvalue weighted by atomic mass is 10.2. The van der Waals surface area contributed by atoms with Gasteiger partial charge < -0.3 is 9.15 Å². The van der Waals surface area contributed by atoms with Crippen LogP contribution in [-0.2, 0) is 4.79 Å². The van der Waals surface area contributed by atoms with Crippen molar-refractivity contribution in [3.8, 4) is 22.8 Å². The van der Waals surface area contributed by atoms with Crippen molar-refractivity contribution in [1.82, 2.24) is 20.2 Å². The van der Waals surface area contributed by atoms with Gasteiger partial charge in [-0.25, -0.2) is 5.43 Å². The van der Waals surface area contributed by atoms with Crippen LogP contribution in [0, 0.1) is 6.92 Å². The highest BCUT2D eigenvalue weighted by atomic mass is 32.2. The molecule has 2 aromatic heterocycles. The number of rotatable bonds is 8. The minimum atomic E-state index is -0.261. The monoisotopic (exact) mass is 447 g/mol. The molecule has 8 nitrogen and oxygen atoms in total. The molecule has 9 heteroatoms. The summed E-state index contributed by atoms with van der Waals surface area (Å²) in [5.74, 6) is 2.65. The number of aromatic nitrogens is 3. The fourth-order valence-corrected chi connectivity index (χ4v) is 3.70. The molecule has 4 rings (SSSR count). The maximum Gasteiger partial charge on any atom is 0.250 e. The summed E-state index contributed by atoms with van der Waals surface area (Å²) in [5.41, 5.74) is 4.29. The summed E-state index contributed by atoms with van der Waals surface area (Å²) < 4.78 is 12.6. The van der Waals surface area contributed by atoms with Gasteiger partial charge in [0.25, 0.3) is 5.91 Å². The summed E-state index contributed by atoms with van der Waals surface area (Å²) in [6.07, 6.45) is 1.46. The van der Waals surface area contributed by atoms with Crippen molar-refractivity contribution in [2.24, 2.45) is 5.10 Å². The van der Waals surface area contributed by atoms with Crippen molar-refractivity contribution in [3.05, 3.63) is 78.3 Å². The minimum absolute atomic E-state index is 0.127. The van der Waals surface area contributed by atoms with E-state index >= 15 is 0 Å². The van der Waals surface area contributed by atoms with Crippen molar-refractivity contribution in [1.29, 1.82) is 0 Å². The zero-order valence-corrected chi connectivity index (χ0v) is 18.4. The lowest BCUT2D eigenvalue weighted by Gasteiger charge is -2.10. The number of nitrogens with one attached hydrogen (secondary N) is 1. The van der Waals surface area contributed by atoms with Gasteiger partial charge in [-0.05, 0) is 55.5 Å². The first kappa shape index (κ1) is 21.4. The van der Waals surface area contributed by atoms with E-state index in [1.165, 1.54) is 18.0 Å². The molecule has 0 radical (unpaired) electrons. The Kier molecular flexibility index (Phi) is 6.66. The van der Waals surface area contributed by atoms with E-state index in [-0.39, 0.29) is 11.7 Å². The highest BCUT2D eigenvalue weighted by molar-refractivity contribution is 7.99. The molecule has 0 saturated heterocycles. The topological polar surface area (TPSA) is 94.5 Å². The number of nitrogens with zero attached hydrogens (tertiary/aromatic N) is 4. The van der Waals surface area contributed by atoms with E-state index in [9.17, 15) is 4.79 Å². The number of hydrogen-bond acceptors (Lipinski definition) is 7. The number of thioether (sulfide) groups is 1. The van der Waals surface area contributed by atoms with Crippen LogP contribution in [0.4, 0.5) is 0 Å². The summed E-state index contributed by atoms with van der Waals surface area (Å²) in [5, 5.41) is 13.2. The number of carbonyl (C=O) groups excluding carboxylic acids is 1. The lowest BCUT2D eigenvalue weighted by molar-refractivity contribution is -0.118. The number of methoxy groups -OCH3 is 1. The summed E-state index contributed by atoms with van der Waals surface area (Å²) in [7, 11) is 1.63. The summed E-state index contributed by atoms with van der Waals surface area (Å²) >= 11 is 1.28. The first-order valence-electron chi connectivity index (χ1n) is 9.80. The molecule has 1 N–H and O–H groups in total. The zero-order chi connectivity index (χ0) is 22.3. The van der Waals surface area contributed by atoms with Crippen molar-refractivity contribution in [2.75, 3.05) is 12.9 Å². The summed E-state index contributed by atoms with van der Waals surface area (Å²) in [4.78, 5) is 12.3. The van der Waals surface area contributed by atoms with Crippen molar-refractivity contribution in [2.45, 2.75) is 12.1 Å². The third-order valence-electron chi connectivity index (χ3n) is 4.47. The van der Waals surface area contributed by atoms with Gasteiger partial charge in [0.2, 0.25) is 0 Å². The van der Waals surface area contributed by atoms with E-state index in [0.29, 0.717) is 16.7 Å². The normalized spacial score (nSPS) is 11.1. The third-order valence-corrected chi connectivity index (χ3v) is 5.40. The molecule has 162 valence electrons. The number of carbonyl (C=O) groups is 1. The van der Waals surface area contributed by atoms with Crippen LogP contribution in [-0.4, -0.2) is 39.7 Å². The quantitative estimate of drug-likeness (QED) is 0.248. The second kappa shape index (κ2) is 9.97. The Hall–Kier alpha value is -3.85. The molecule has 0 spiro atoms. The number of hydrogen-bond donors (Lipinski definition) is 1.